The fourth-order valence-electron chi connectivity index (χ4n) is 5.11. The molecule has 1 amide bonds. The van der Waals surface area contributed by atoms with E-state index >= 15 is 0 Å². The first-order valence-electron chi connectivity index (χ1n) is 12.2. The molecule has 4 aromatic rings. The molecule has 34 heavy (non-hydrogen) atoms. The number of hydrogen-bond acceptors (Lipinski definition) is 3. The van der Waals surface area contributed by atoms with E-state index < -0.39 is 0 Å². The van der Waals surface area contributed by atoms with Crippen LogP contribution < -0.4 is 5.32 Å². The molecule has 3 aromatic carbocycles. The van der Waals surface area contributed by atoms with Crippen molar-refractivity contribution < 1.29 is 4.79 Å². The first kappa shape index (κ1) is 22.1. The molecule has 1 fully saturated rings. The fraction of sp³-hybridized carbons (Fsp3) is 0.267. The van der Waals surface area contributed by atoms with Crippen LogP contribution in [0.25, 0.3) is 10.8 Å². The van der Waals surface area contributed by atoms with Gasteiger partial charge in [-0.25, -0.2) is 4.98 Å². The smallest absolute Gasteiger partial charge is 0.222 e. The number of carbonyl (C=O) groups is 1. The topological polar surface area (TPSA) is 45.2 Å². The highest BCUT2D eigenvalue weighted by atomic mass is 16.2. The Labute approximate surface area is 201 Å². The summed E-state index contributed by atoms with van der Waals surface area (Å²) >= 11 is 0. The van der Waals surface area contributed by atoms with Gasteiger partial charge in [-0.1, -0.05) is 84.9 Å². The van der Waals surface area contributed by atoms with E-state index in [2.05, 4.69) is 81.9 Å². The highest BCUT2D eigenvalue weighted by molar-refractivity contribution is 5.91. The zero-order chi connectivity index (χ0) is 23.2. The summed E-state index contributed by atoms with van der Waals surface area (Å²) in [5, 5.41) is 6.00. The molecule has 1 saturated heterocycles. The van der Waals surface area contributed by atoms with Crippen molar-refractivity contribution in [2.45, 2.75) is 31.1 Å². The molecule has 2 heterocycles. The van der Waals surface area contributed by atoms with Crippen LogP contribution in [0.1, 0.15) is 30.4 Å². The summed E-state index contributed by atoms with van der Waals surface area (Å²) in [4.78, 5) is 19.6. The number of likely N-dealkylation sites (tertiary alicyclic amines) is 1. The number of fused-ring (bicyclic) bond motifs is 1. The van der Waals surface area contributed by atoms with Crippen molar-refractivity contribution in [3.63, 3.8) is 0 Å². The maximum absolute atomic E-state index is 12.9. The highest BCUT2D eigenvalue weighted by Crippen LogP contribution is 2.36. The second-order valence-corrected chi connectivity index (χ2v) is 9.25. The van der Waals surface area contributed by atoms with Gasteiger partial charge in [0.1, 0.15) is 5.82 Å². The van der Waals surface area contributed by atoms with E-state index in [0.717, 1.165) is 50.1 Å². The molecule has 0 bridgehead atoms. The molecule has 1 N–H and O–H groups in total. The quantitative estimate of drug-likeness (QED) is 0.386. The van der Waals surface area contributed by atoms with Crippen LogP contribution in [0.5, 0.6) is 0 Å². The summed E-state index contributed by atoms with van der Waals surface area (Å²) in [6.45, 7) is 2.37. The molecular weight excluding hydrogens is 418 g/mol. The number of pyridine rings is 1. The number of anilines is 1. The van der Waals surface area contributed by atoms with Gasteiger partial charge in [-0.3, -0.25) is 4.79 Å². The van der Waals surface area contributed by atoms with Crippen LogP contribution in [0.4, 0.5) is 5.82 Å². The normalized spacial score (nSPS) is 15.2. The first-order valence-corrected chi connectivity index (χ1v) is 12.2. The monoisotopic (exact) mass is 449 g/mol. The molecule has 5 rings (SSSR count). The lowest BCUT2D eigenvalue weighted by Gasteiger charge is -2.42. The molecule has 1 aromatic heterocycles. The van der Waals surface area contributed by atoms with E-state index in [1.54, 1.807) is 0 Å². The Hall–Kier alpha value is -3.66. The summed E-state index contributed by atoms with van der Waals surface area (Å²) in [7, 11) is 0. The largest absolute Gasteiger partial charge is 0.369 e. The van der Waals surface area contributed by atoms with Gasteiger partial charge in [0.25, 0.3) is 0 Å². The average molecular weight is 450 g/mol. The number of aryl methyl sites for hydroxylation is 1. The second kappa shape index (κ2) is 10.1. The molecule has 172 valence electrons. The zero-order valence-corrected chi connectivity index (χ0v) is 19.5. The Morgan fingerprint density at radius 2 is 1.53 bits per heavy atom. The predicted molar refractivity (Wildman–Crippen MR) is 139 cm³/mol. The lowest BCUT2D eigenvalue weighted by atomic mass is 9.72. The summed E-state index contributed by atoms with van der Waals surface area (Å²) in [6, 6.07) is 31.4. The molecule has 0 radical (unpaired) electrons. The van der Waals surface area contributed by atoms with Crippen molar-refractivity contribution in [2.75, 3.05) is 25.0 Å². The lowest BCUT2D eigenvalue weighted by molar-refractivity contribution is -0.132. The van der Waals surface area contributed by atoms with Crippen LogP contribution >= 0.6 is 0 Å². The van der Waals surface area contributed by atoms with Crippen molar-refractivity contribution in [3.05, 3.63) is 108 Å². The molecule has 4 heteroatoms. The number of nitrogens with one attached hydrogen (secondary N) is 1. The number of nitrogens with zero attached hydrogens (tertiary/aromatic N) is 2. The Morgan fingerprint density at radius 1 is 0.853 bits per heavy atom. The van der Waals surface area contributed by atoms with Crippen LogP contribution in [0.2, 0.25) is 0 Å². The van der Waals surface area contributed by atoms with Gasteiger partial charge in [0.2, 0.25) is 5.91 Å². The highest BCUT2D eigenvalue weighted by Gasteiger charge is 2.37. The fourth-order valence-corrected chi connectivity index (χ4v) is 5.11. The van der Waals surface area contributed by atoms with Crippen LogP contribution in [0.3, 0.4) is 0 Å². The molecule has 0 saturated carbocycles. The number of hydrogen-bond donors (Lipinski definition) is 1. The van der Waals surface area contributed by atoms with Gasteiger partial charge in [-0.05, 0) is 41.8 Å². The molecule has 1 aliphatic rings. The van der Waals surface area contributed by atoms with Gasteiger partial charge in [0.05, 0.1) is 0 Å². The average Bonchev–Trinajstić information content (AvgIpc) is 2.92. The molecule has 0 atom stereocenters. The number of benzene rings is 3. The Kier molecular flexibility index (Phi) is 6.57. The van der Waals surface area contributed by atoms with Crippen molar-refractivity contribution in [1.29, 1.82) is 0 Å². The molecule has 0 unspecified atom stereocenters. The summed E-state index contributed by atoms with van der Waals surface area (Å²) in [6.07, 6.45) is 5.11. The minimum atomic E-state index is -0.0317. The third-order valence-electron chi connectivity index (χ3n) is 7.20. The van der Waals surface area contributed by atoms with Gasteiger partial charge in [-0.2, -0.15) is 0 Å². The number of aromatic nitrogens is 1. The molecule has 0 aliphatic carbocycles. The van der Waals surface area contributed by atoms with E-state index in [-0.39, 0.29) is 11.3 Å². The maximum atomic E-state index is 12.9. The summed E-state index contributed by atoms with van der Waals surface area (Å²) < 4.78 is 0. The van der Waals surface area contributed by atoms with E-state index in [9.17, 15) is 4.79 Å². The molecule has 0 spiro atoms. The van der Waals surface area contributed by atoms with E-state index in [1.165, 1.54) is 16.5 Å². The number of piperidine rings is 1. The van der Waals surface area contributed by atoms with Crippen LogP contribution in [-0.2, 0) is 16.6 Å². The van der Waals surface area contributed by atoms with Crippen LogP contribution in [0, 0.1) is 0 Å². The van der Waals surface area contributed by atoms with E-state index in [1.807, 2.05) is 30.5 Å². The zero-order valence-electron chi connectivity index (χ0n) is 19.5. The number of carbonyl (C=O) groups excluding carboxylic acids is 1. The Morgan fingerprint density at radius 3 is 2.29 bits per heavy atom. The second-order valence-electron chi connectivity index (χ2n) is 9.25. The Bertz CT molecular complexity index is 1230. The van der Waals surface area contributed by atoms with E-state index in [0.29, 0.717) is 6.42 Å². The predicted octanol–water partition coefficient (Wildman–Crippen LogP) is 5.84. The van der Waals surface area contributed by atoms with Crippen LogP contribution in [-0.4, -0.2) is 35.4 Å². The van der Waals surface area contributed by atoms with Gasteiger partial charge in [-0.15, -0.1) is 0 Å². The first-order chi connectivity index (χ1) is 16.7. The van der Waals surface area contributed by atoms with Gasteiger partial charge < -0.3 is 10.2 Å². The minimum absolute atomic E-state index is 0.0317. The number of rotatable bonds is 7. The number of amides is 1. The molecule has 4 nitrogen and oxygen atoms in total. The van der Waals surface area contributed by atoms with Crippen molar-refractivity contribution in [2.24, 2.45) is 0 Å². The Balaban J connectivity index is 1.29. The van der Waals surface area contributed by atoms with Crippen molar-refractivity contribution >= 4 is 22.5 Å². The van der Waals surface area contributed by atoms with Crippen molar-refractivity contribution in [1.82, 2.24) is 9.88 Å². The van der Waals surface area contributed by atoms with Gasteiger partial charge in [0, 0.05) is 43.1 Å². The van der Waals surface area contributed by atoms with E-state index in [4.69, 9.17) is 0 Å². The van der Waals surface area contributed by atoms with Gasteiger partial charge >= 0.3 is 0 Å². The summed E-state index contributed by atoms with van der Waals surface area (Å²) in [5.41, 5.74) is 2.52. The SMILES string of the molecule is O=C(CCc1ccccc1)N1CCC(CNc2nccc3ccccc23)(c2ccccc2)CC1. The molecular formula is C30H31N3O. The summed E-state index contributed by atoms with van der Waals surface area (Å²) in [5.74, 6) is 1.18. The lowest BCUT2D eigenvalue weighted by Crippen LogP contribution is -2.48. The van der Waals surface area contributed by atoms with Gasteiger partial charge in [0.15, 0.2) is 0 Å². The standard InChI is InChI=1S/C30H31N3O/c34-28(16-15-24-9-3-1-4-10-24)33-21-18-30(19-22-33,26-12-5-2-6-13-26)23-32-29-27-14-8-7-11-25(27)17-20-31-29/h1-14,17,20H,15-16,18-19,21-23H2,(H,31,32). The third kappa shape index (κ3) is 4.81. The van der Waals surface area contributed by atoms with Crippen LogP contribution in [0.15, 0.2) is 97.2 Å². The minimum Gasteiger partial charge on any atom is -0.369 e. The third-order valence-corrected chi connectivity index (χ3v) is 7.20. The molecule has 1 aliphatic heterocycles. The maximum Gasteiger partial charge on any atom is 0.222 e. The van der Waals surface area contributed by atoms with Crippen molar-refractivity contribution in [3.8, 4) is 0 Å².